The number of hydrogen-bond donors (Lipinski definition) is 1. The van der Waals surface area contributed by atoms with Gasteiger partial charge in [0.2, 0.25) is 0 Å². The Morgan fingerprint density at radius 2 is 1.89 bits per heavy atom. The number of ether oxygens (including phenoxy) is 1. The molecular weight excluding hydrogens is 336 g/mol. The van der Waals surface area contributed by atoms with Crippen molar-refractivity contribution < 1.29 is 9.53 Å². The number of carbonyl (C=O) groups excluding carboxylic acids is 1. The maximum absolute atomic E-state index is 12.6. The molecule has 0 spiro atoms. The van der Waals surface area contributed by atoms with Crippen molar-refractivity contribution in [2.24, 2.45) is 0 Å². The fourth-order valence-corrected chi connectivity index (χ4v) is 2.84. The average molecular weight is 360 g/mol. The molecule has 2 aromatic carbocycles. The number of amides is 1. The molecule has 27 heavy (non-hydrogen) atoms. The van der Waals surface area contributed by atoms with E-state index in [9.17, 15) is 4.79 Å². The van der Waals surface area contributed by atoms with Gasteiger partial charge in [0.25, 0.3) is 5.91 Å². The minimum absolute atomic E-state index is 0.0550. The molecule has 3 rings (SSSR count). The maximum Gasteiger partial charge on any atom is 0.252 e. The van der Waals surface area contributed by atoms with Crippen LogP contribution in [0.3, 0.4) is 0 Å². The van der Waals surface area contributed by atoms with E-state index in [0.717, 1.165) is 33.6 Å². The van der Waals surface area contributed by atoms with E-state index in [1.807, 2.05) is 75.4 Å². The molecule has 0 saturated carbocycles. The van der Waals surface area contributed by atoms with Crippen molar-refractivity contribution in [2.75, 3.05) is 0 Å². The number of hydrogen-bond acceptors (Lipinski definition) is 3. The van der Waals surface area contributed by atoms with Crippen LogP contribution in [-0.4, -0.2) is 10.9 Å². The molecule has 0 saturated heterocycles. The summed E-state index contributed by atoms with van der Waals surface area (Å²) in [6.45, 7) is 6.40. The SMILES string of the molecule is Cc1ccc(C)c(C(=O)NC(C)c2ccc(OCc3cccnc3)cc2)c1. The molecule has 1 unspecified atom stereocenters. The lowest BCUT2D eigenvalue weighted by Crippen LogP contribution is -2.27. The molecule has 0 bridgehead atoms. The summed E-state index contributed by atoms with van der Waals surface area (Å²) >= 11 is 0. The third-order valence-corrected chi connectivity index (χ3v) is 4.49. The minimum Gasteiger partial charge on any atom is -0.489 e. The quantitative estimate of drug-likeness (QED) is 0.689. The summed E-state index contributed by atoms with van der Waals surface area (Å²) in [4.78, 5) is 16.7. The van der Waals surface area contributed by atoms with E-state index in [0.29, 0.717) is 6.61 Å². The van der Waals surface area contributed by atoms with Gasteiger partial charge in [-0.25, -0.2) is 0 Å². The van der Waals surface area contributed by atoms with Crippen LogP contribution in [0.5, 0.6) is 5.75 Å². The Morgan fingerprint density at radius 3 is 2.59 bits per heavy atom. The molecule has 1 N–H and O–H groups in total. The molecule has 0 radical (unpaired) electrons. The third-order valence-electron chi connectivity index (χ3n) is 4.49. The van der Waals surface area contributed by atoms with Crippen molar-refractivity contribution in [2.45, 2.75) is 33.4 Å². The number of nitrogens with one attached hydrogen (secondary N) is 1. The van der Waals surface area contributed by atoms with Gasteiger partial charge in [-0.1, -0.05) is 35.9 Å². The molecule has 1 amide bonds. The molecule has 4 nitrogen and oxygen atoms in total. The summed E-state index contributed by atoms with van der Waals surface area (Å²) in [5.74, 6) is 0.733. The summed E-state index contributed by atoms with van der Waals surface area (Å²) in [5.41, 5.74) is 4.83. The Hall–Kier alpha value is -3.14. The largest absolute Gasteiger partial charge is 0.489 e. The zero-order valence-electron chi connectivity index (χ0n) is 15.9. The topological polar surface area (TPSA) is 51.2 Å². The lowest BCUT2D eigenvalue weighted by atomic mass is 10.0. The summed E-state index contributed by atoms with van der Waals surface area (Å²) < 4.78 is 5.78. The average Bonchev–Trinajstić information content (AvgIpc) is 2.69. The molecule has 1 heterocycles. The van der Waals surface area contributed by atoms with Gasteiger partial charge in [-0.3, -0.25) is 9.78 Å². The number of rotatable bonds is 6. The Kier molecular flexibility index (Phi) is 5.87. The maximum atomic E-state index is 12.6. The van der Waals surface area contributed by atoms with Gasteiger partial charge in [-0.15, -0.1) is 0 Å². The van der Waals surface area contributed by atoms with Crippen molar-refractivity contribution in [3.05, 3.63) is 94.8 Å². The lowest BCUT2D eigenvalue weighted by Gasteiger charge is -2.16. The predicted octanol–water partition coefficient (Wildman–Crippen LogP) is 4.77. The van der Waals surface area contributed by atoms with Crippen molar-refractivity contribution in [3.63, 3.8) is 0 Å². The zero-order chi connectivity index (χ0) is 19.2. The van der Waals surface area contributed by atoms with Crippen LogP contribution in [0.25, 0.3) is 0 Å². The van der Waals surface area contributed by atoms with Crippen LogP contribution in [-0.2, 0) is 6.61 Å². The molecular formula is C23H24N2O2. The van der Waals surface area contributed by atoms with Gasteiger partial charge in [-0.2, -0.15) is 0 Å². The fourth-order valence-electron chi connectivity index (χ4n) is 2.84. The Labute approximate surface area is 160 Å². The summed E-state index contributed by atoms with van der Waals surface area (Å²) in [7, 11) is 0. The number of pyridine rings is 1. The molecule has 0 aliphatic carbocycles. The van der Waals surface area contributed by atoms with Gasteiger partial charge in [0.05, 0.1) is 6.04 Å². The number of aryl methyl sites for hydroxylation is 2. The van der Waals surface area contributed by atoms with E-state index in [4.69, 9.17) is 4.74 Å². The summed E-state index contributed by atoms with van der Waals surface area (Å²) in [6.07, 6.45) is 3.53. The van der Waals surface area contributed by atoms with Gasteiger partial charge in [0, 0.05) is 23.5 Å². The van der Waals surface area contributed by atoms with E-state index in [1.165, 1.54) is 0 Å². The number of benzene rings is 2. The first-order valence-corrected chi connectivity index (χ1v) is 9.02. The first-order chi connectivity index (χ1) is 13.0. The monoisotopic (exact) mass is 360 g/mol. The summed E-state index contributed by atoms with van der Waals surface area (Å²) in [5, 5.41) is 3.07. The number of aromatic nitrogens is 1. The van der Waals surface area contributed by atoms with E-state index < -0.39 is 0 Å². The molecule has 138 valence electrons. The smallest absolute Gasteiger partial charge is 0.252 e. The van der Waals surface area contributed by atoms with Crippen LogP contribution in [0, 0.1) is 13.8 Å². The lowest BCUT2D eigenvalue weighted by molar-refractivity contribution is 0.0939. The van der Waals surface area contributed by atoms with Crippen molar-refractivity contribution in [3.8, 4) is 5.75 Å². The van der Waals surface area contributed by atoms with Crippen LogP contribution in [0.4, 0.5) is 0 Å². The van der Waals surface area contributed by atoms with Gasteiger partial charge < -0.3 is 10.1 Å². The Balaban J connectivity index is 1.61. The van der Waals surface area contributed by atoms with E-state index >= 15 is 0 Å². The highest BCUT2D eigenvalue weighted by Crippen LogP contribution is 2.20. The highest BCUT2D eigenvalue weighted by atomic mass is 16.5. The highest BCUT2D eigenvalue weighted by Gasteiger charge is 2.13. The second-order valence-electron chi connectivity index (χ2n) is 6.73. The predicted molar refractivity (Wildman–Crippen MR) is 107 cm³/mol. The molecule has 4 heteroatoms. The second kappa shape index (κ2) is 8.49. The first-order valence-electron chi connectivity index (χ1n) is 9.02. The van der Waals surface area contributed by atoms with Crippen LogP contribution < -0.4 is 10.1 Å². The zero-order valence-corrected chi connectivity index (χ0v) is 15.9. The molecule has 1 atom stereocenters. The minimum atomic E-state index is -0.0928. The normalized spacial score (nSPS) is 11.7. The molecule has 1 aromatic heterocycles. The highest BCUT2D eigenvalue weighted by molar-refractivity contribution is 5.96. The third kappa shape index (κ3) is 4.94. The number of carbonyl (C=O) groups is 1. The van der Waals surface area contributed by atoms with Crippen molar-refractivity contribution in [1.82, 2.24) is 10.3 Å². The van der Waals surface area contributed by atoms with Gasteiger partial charge in [0.15, 0.2) is 0 Å². The van der Waals surface area contributed by atoms with Crippen LogP contribution in [0.15, 0.2) is 67.0 Å². The standard InChI is InChI=1S/C23H24N2O2/c1-16-6-7-17(2)22(13-16)23(26)25-18(3)20-8-10-21(11-9-20)27-15-19-5-4-12-24-14-19/h4-14,18H,15H2,1-3H3,(H,25,26). The first kappa shape index (κ1) is 18.6. The van der Waals surface area contributed by atoms with Gasteiger partial charge >= 0.3 is 0 Å². The van der Waals surface area contributed by atoms with Crippen molar-refractivity contribution in [1.29, 1.82) is 0 Å². The fraction of sp³-hybridized carbons (Fsp3) is 0.217. The van der Waals surface area contributed by atoms with Gasteiger partial charge in [-0.05, 0) is 56.2 Å². The molecule has 0 aliphatic rings. The van der Waals surface area contributed by atoms with Crippen LogP contribution >= 0.6 is 0 Å². The second-order valence-corrected chi connectivity index (χ2v) is 6.73. The molecule has 0 aliphatic heterocycles. The summed E-state index contributed by atoms with van der Waals surface area (Å²) in [6, 6.07) is 17.5. The number of nitrogens with zero attached hydrogens (tertiary/aromatic N) is 1. The van der Waals surface area contributed by atoms with Gasteiger partial charge in [0.1, 0.15) is 12.4 Å². The van der Waals surface area contributed by atoms with Crippen molar-refractivity contribution >= 4 is 5.91 Å². The van der Waals surface area contributed by atoms with Crippen LogP contribution in [0.2, 0.25) is 0 Å². The van der Waals surface area contributed by atoms with E-state index in [1.54, 1.807) is 12.4 Å². The Morgan fingerprint density at radius 1 is 1.11 bits per heavy atom. The Bertz CT molecular complexity index is 905. The molecule has 3 aromatic rings. The molecule has 0 fully saturated rings. The van der Waals surface area contributed by atoms with Crippen LogP contribution in [0.1, 0.15) is 45.6 Å². The van der Waals surface area contributed by atoms with E-state index in [2.05, 4.69) is 10.3 Å². The van der Waals surface area contributed by atoms with E-state index in [-0.39, 0.29) is 11.9 Å².